The van der Waals surface area contributed by atoms with Gasteiger partial charge in [-0.3, -0.25) is 9.59 Å². The minimum atomic E-state index is -0.294. The molecular weight excluding hydrogens is 246 g/mol. The molecule has 1 aliphatic rings. The van der Waals surface area contributed by atoms with E-state index >= 15 is 0 Å². The van der Waals surface area contributed by atoms with Gasteiger partial charge in [-0.15, -0.1) is 0 Å². The number of carbonyl (C=O) groups excluding carboxylic acids is 2. The molecule has 2 amide bonds. The number of nitrogens with one attached hydrogen (secondary N) is 3. The van der Waals surface area contributed by atoms with Crippen LogP contribution in [0.4, 0.5) is 0 Å². The van der Waals surface area contributed by atoms with Gasteiger partial charge in [-0.25, -0.2) is 0 Å². The van der Waals surface area contributed by atoms with Crippen LogP contribution < -0.4 is 16.0 Å². The molecule has 3 N–H and O–H groups in total. The minimum absolute atomic E-state index is 0.0543. The first-order valence-corrected chi connectivity index (χ1v) is 6.83. The van der Waals surface area contributed by atoms with Gasteiger partial charge in [-0.05, 0) is 25.9 Å². The zero-order valence-electron chi connectivity index (χ0n) is 11.9. The van der Waals surface area contributed by atoms with Crippen LogP contribution in [0.2, 0.25) is 0 Å². The molecule has 19 heavy (non-hydrogen) atoms. The van der Waals surface area contributed by atoms with Crippen molar-refractivity contribution in [3.63, 3.8) is 0 Å². The second-order valence-electron chi connectivity index (χ2n) is 5.16. The fourth-order valence-electron chi connectivity index (χ4n) is 2.09. The van der Waals surface area contributed by atoms with Crippen LogP contribution in [-0.2, 0) is 14.3 Å². The molecule has 1 heterocycles. The summed E-state index contributed by atoms with van der Waals surface area (Å²) in [5, 5.41) is 8.82. The monoisotopic (exact) mass is 271 g/mol. The first-order chi connectivity index (χ1) is 9.08. The normalized spacial score (nSPS) is 17.8. The van der Waals surface area contributed by atoms with E-state index < -0.39 is 0 Å². The summed E-state index contributed by atoms with van der Waals surface area (Å²) in [5.74, 6) is -0.00787. The summed E-state index contributed by atoms with van der Waals surface area (Å²) in [5.41, 5.74) is -0.294. The molecule has 6 heteroatoms. The molecule has 110 valence electrons. The number of methoxy groups -OCH3 is 1. The van der Waals surface area contributed by atoms with E-state index in [9.17, 15) is 9.59 Å². The largest absolute Gasteiger partial charge is 0.383 e. The molecule has 6 nitrogen and oxygen atoms in total. The molecule has 0 spiro atoms. The van der Waals surface area contributed by atoms with E-state index in [0.29, 0.717) is 26.1 Å². The Labute approximate surface area is 114 Å². The van der Waals surface area contributed by atoms with Crippen LogP contribution in [0.15, 0.2) is 0 Å². The van der Waals surface area contributed by atoms with E-state index in [-0.39, 0.29) is 17.2 Å². The molecule has 1 fully saturated rings. The fraction of sp³-hybridized carbons (Fsp3) is 0.846. The van der Waals surface area contributed by atoms with Crippen molar-refractivity contribution in [3.8, 4) is 0 Å². The quantitative estimate of drug-likeness (QED) is 0.553. The van der Waals surface area contributed by atoms with Gasteiger partial charge in [0.25, 0.3) is 0 Å². The van der Waals surface area contributed by atoms with Crippen molar-refractivity contribution >= 4 is 11.8 Å². The molecule has 0 saturated carbocycles. The third-order valence-corrected chi connectivity index (χ3v) is 3.52. The molecule has 0 radical (unpaired) electrons. The van der Waals surface area contributed by atoms with Crippen LogP contribution in [-0.4, -0.2) is 51.7 Å². The Morgan fingerprint density at radius 1 is 1.21 bits per heavy atom. The molecule has 1 aliphatic heterocycles. The lowest BCUT2D eigenvalue weighted by Gasteiger charge is -2.32. The van der Waals surface area contributed by atoms with E-state index in [1.807, 2.05) is 6.92 Å². The molecule has 0 aliphatic carbocycles. The number of hydrogen-bond acceptors (Lipinski definition) is 4. The van der Waals surface area contributed by atoms with E-state index in [1.165, 1.54) is 0 Å². The van der Waals surface area contributed by atoms with E-state index in [0.717, 1.165) is 25.9 Å². The summed E-state index contributed by atoms with van der Waals surface area (Å²) in [6.07, 6.45) is 2.00. The summed E-state index contributed by atoms with van der Waals surface area (Å²) in [7, 11) is 1.59. The molecule has 0 aromatic carbocycles. The molecule has 1 rings (SSSR count). The highest BCUT2D eigenvalue weighted by atomic mass is 16.5. The SMILES string of the molecule is COCCNC(=O)CCNC(=O)C1(C)CCNCC1. The maximum Gasteiger partial charge on any atom is 0.226 e. The maximum atomic E-state index is 12.1. The Kier molecular flexibility index (Phi) is 6.80. The third-order valence-electron chi connectivity index (χ3n) is 3.52. The number of ether oxygens (including phenoxy) is 1. The van der Waals surface area contributed by atoms with Crippen molar-refractivity contribution < 1.29 is 14.3 Å². The topological polar surface area (TPSA) is 79.5 Å². The van der Waals surface area contributed by atoms with E-state index in [2.05, 4.69) is 16.0 Å². The Morgan fingerprint density at radius 3 is 2.53 bits per heavy atom. The van der Waals surface area contributed by atoms with Gasteiger partial charge in [0, 0.05) is 32.0 Å². The zero-order valence-corrected chi connectivity index (χ0v) is 11.9. The summed E-state index contributed by atoms with van der Waals surface area (Å²) < 4.78 is 4.84. The van der Waals surface area contributed by atoms with Crippen molar-refractivity contribution in [3.05, 3.63) is 0 Å². The van der Waals surface area contributed by atoms with Gasteiger partial charge in [0.15, 0.2) is 0 Å². The van der Waals surface area contributed by atoms with Crippen molar-refractivity contribution in [2.24, 2.45) is 5.41 Å². The second-order valence-corrected chi connectivity index (χ2v) is 5.16. The van der Waals surface area contributed by atoms with Gasteiger partial charge >= 0.3 is 0 Å². The lowest BCUT2D eigenvalue weighted by Crippen LogP contribution is -2.46. The van der Waals surface area contributed by atoms with Crippen molar-refractivity contribution in [2.75, 3.05) is 39.9 Å². The standard InChI is InChI=1S/C13H25N3O3/c1-13(4-7-14-8-5-13)12(18)16-6-3-11(17)15-9-10-19-2/h14H,3-10H2,1-2H3,(H,15,17)(H,16,18). The Hall–Kier alpha value is -1.14. The highest BCUT2D eigenvalue weighted by molar-refractivity contribution is 5.83. The minimum Gasteiger partial charge on any atom is -0.383 e. The van der Waals surface area contributed by atoms with Gasteiger partial charge in [0.2, 0.25) is 11.8 Å². The predicted molar refractivity (Wildman–Crippen MR) is 72.7 cm³/mol. The van der Waals surface area contributed by atoms with Crippen LogP contribution in [0.25, 0.3) is 0 Å². The average molecular weight is 271 g/mol. The second kappa shape index (κ2) is 8.12. The zero-order chi connectivity index (χ0) is 14.1. The van der Waals surface area contributed by atoms with E-state index in [4.69, 9.17) is 4.74 Å². The molecule has 0 unspecified atom stereocenters. The van der Waals surface area contributed by atoms with Gasteiger partial charge < -0.3 is 20.7 Å². The summed E-state index contributed by atoms with van der Waals surface area (Å²) in [4.78, 5) is 23.5. The van der Waals surface area contributed by atoms with Crippen LogP contribution in [0.5, 0.6) is 0 Å². The van der Waals surface area contributed by atoms with Crippen LogP contribution >= 0.6 is 0 Å². The summed E-state index contributed by atoms with van der Waals surface area (Å²) in [6, 6.07) is 0. The Morgan fingerprint density at radius 2 is 1.89 bits per heavy atom. The van der Waals surface area contributed by atoms with Crippen LogP contribution in [0.1, 0.15) is 26.2 Å². The molecule has 0 atom stereocenters. The molecule has 0 aromatic heterocycles. The summed E-state index contributed by atoms with van der Waals surface area (Å²) >= 11 is 0. The maximum absolute atomic E-state index is 12.1. The Bertz CT molecular complexity index is 302. The molecule has 0 bridgehead atoms. The average Bonchev–Trinajstić information content (AvgIpc) is 2.40. The number of piperidine rings is 1. The fourth-order valence-corrected chi connectivity index (χ4v) is 2.09. The predicted octanol–water partition coefficient (Wildman–Crippen LogP) is -0.355. The number of amides is 2. The number of hydrogen-bond donors (Lipinski definition) is 3. The third kappa shape index (κ3) is 5.57. The molecule has 1 saturated heterocycles. The van der Waals surface area contributed by atoms with Gasteiger partial charge in [-0.1, -0.05) is 6.92 Å². The summed E-state index contributed by atoms with van der Waals surface area (Å²) in [6.45, 7) is 5.14. The van der Waals surface area contributed by atoms with Crippen molar-refractivity contribution in [2.45, 2.75) is 26.2 Å². The first-order valence-electron chi connectivity index (χ1n) is 6.83. The van der Waals surface area contributed by atoms with Gasteiger partial charge in [0.1, 0.15) is 0 Å². The van der Waals surface area contributed by atoms with Gasteiger partial charge in [0.05, 0.1) is 6.61 Å². The number of carbonyl (C=O) groups is 2. The highest BCUT2D eigenvalue weighted by Crippen LogP contribution is 2.27. The lowest BCUT2D eigenvalue weighted by atomic mass is 9.80. The van der Waals surface area contributed by atoms with Crippen LogP contribution in [0.3, 0.4) is 0 Å². The molecular formula is C13H25N3O3. The number of rotatable bonds is 7. The van der Waals surface area contributed by atoms with Crippen LogP contribution in [0, 0.1) is 5.41 Å². The van der Waals surface area contributed by atoms with Gasteiger partial charge in [-0.2, -0.15) is 0 Å². The molecule has 0 aromatic rings. The van der Waals surface area contributed by atoms with Crippen molar-refractivity contribution in [1.82, 2.24) is 16.0 Å². The smallest absolute Gasteiger partial charge is 0.226 e. The van der Waals surface area contributed by atoms with Crippen molar-refractivity contribution in [1.29, 1.82) is 0 Å². The first kappa shape index (κ1) is 15.9. The van der Waals surface area contributed by atoms with E-state index in [1.54, 1.807) is 7.11 Å². The Balaban J connectivity index is 2.17. The lowest BCUT2D eigenvalue weighted by molar-refractivity contribution is -0.131. The highest BCUT2D eigenvalue weighted by Gasteiger charge is 2.34.